The summed E-state index contributed by atoms with van der Waals surface area (Å²) in [6, 6.07) is 15.1. The van der Waals surface area contributed by atoms with Gasteiger partial charge in [0, 0.05) is 12.3 Å². The number of aromatic nitrogens is 3. The average molecular weight is 394 g/mol. The van der Waals surface area contributed by atoms with Crippen LogP contribution in [0, 0.1) is 0 Å². The third kappa shape index (κ3) is 4.51. The Bertz CT molecular complexity index is 956. The van der Waals surface area contributed by atoms with Crippen molar-refractivity contribution in [2.24, 2.45) is 0 Å². The summed E-state index contributed by atoms with van der Waals surface area (Å²) >= 11 is 0. The van der Waals surface area contributed by atoms with Crippen LogP contribution >= 0.6 is 0 Å². The Labute approximate surface area is 167 Å². The molecule has 3 rings (SSSR count). The van der Waals surface area contributed by atoms with Gasteiger partial charge in [-0.15, -0.1) is 0 Å². The molecule has 0 aliphatic carbocycles. The fourth-order valence-electron chi connectivity index (χ4n) is 2.39. The first kappa shape index (κ1) is 19.9. The molecule has 1 N–H and O–H groups in total. The maximum absolute atomic E-state index is 10.1. The summed E-state index contributed by atoms with van der Waals surface area (Å²) in [5.41, 5.74) is 1.69. The molecule has 5 nitrogen and oxygen atoms in total. The maximum atomic E-state index is 10.1. The maximum Gasteiger partial charge on any atom is 0.250 e. The molecular formula is C22H27N3O2Si. The Morgan fingerprint density at radius 1 is 1.04 bits per heavy atom. The van der Waals surface area contributed by atoms with E-state index in [1.54, 1.807) is 18.3 Å². The quantitative estimate of drug-likeness (QED) is 0.579. The molecule has 0 unspecified atom stereocenters. The van der Waals surface area contributed by atoms with E-state index in [9.17, 15) is 5.11 Å². The summed E-state index contributed by atoms with van der Waals surface area (Å²) in [6.07, 6.45) is 5.49. The van der Waals surface area contributed by atoms with Gasteiger partial charge in [0.2, 0.25) is 14.2 Å². The van der Waals surface area contributed by atoms with E-state index in [4.69, 9.17) is 4.43 Å². The highest BCUT2D eigenvalue weighted by Gasteiger charge is 2.38. The average Bonchev–Trinajstić information content (AvgIpc) is 3.01. The molecular weight excluding hydrogens is 366 g/mol. The summed E-state index contributed by atoms with van der Waals surface area (Å²) in [7, 11) is -1.83. The first-order valence-electron chi connectivity index (χ1n) is 9.33. The highest BCUT2D eigenvalue weighted by atomic mass is 28.4. The van der Waals surface area contributed by atoms with E-state index in [0.717, 1.165) is 11.3 Å². The Morgan fingerprint density at radius 3 is 2.36 bits per heavy atom. The van der Waals surface area contributed by atoms with Crippen molar-refractivity contribution in [2.45, 2.75) is 38.9 Å². The van der Waals surface area contributed by atoms with Crippen molar-refractivity contribution in [3.63, 3.8) is 0 Å². The van der Waals surface area contributed by atoms with Crippen molar-refractivity contribution in [1.82, 2.24) is 14.8 Å². The van der Waals surface area contributed by atoms with Crippen molar-refractivity contribution < 1.29 is 9.53 Å². The second-order valence-corrected chi connectivity index (χ2v) is 13.0. The molecule has 0 amide bonds. The number of hydrogen-bond acceptors (Lipinski definition) is 4. The van der Waals surface area contributed by atoms with Crippen LogP contribution in [-0.2, 0) is 0 Å². The van der Waals surface area contributed by atoms with Crippen molar-refractivity contribution in [1.29, 1.82) is 0 Å². The molecule has 6 heteroatoms. The summed E-state index contributed by atoms with van der Waals surface area (Å²) in [6.45, 7) is 11.2. The minimum absolute atomic E-state index is 0.0523. The number of rotatable bonds is 5. The Hall–Kier alpha value is -2.86. The molecule has 0 aliphatic heterocycles. The summed E-state index contributed by atoms with van der Waals surface area (Å²) in [4.78, 5) is 4.20. The van der Waals surface area contributed by atoms with Crippen LogP contribution in [-0.4, -0.2) is 28.2 Å². The SMILES string of the molecule is CC(C)(C)[Si](C)(C)Oc1ccc(C=Cc2cc(O)n(-c3ccccn3)n2)cc1. The van der Waals surface area contributed by atoms with Crippen LogP contribution < -0.4 is 4.43 Å². The van der Waals surface area contributed by atoms with Crippen LogP contribution in [0.3, 0.4) is 0 Å². The molecule has 0 spiro atoms. The normalized spacial score (nSPS) is 12.5. The van der Waals surface area contributed by atoms with Crippen LogP contribution in [0.4, 0.5) is 0 Å². The van der Waals surface area contributed by atoms with Crippen molar-refractivity contribution in [2.75, 3.05) is 0 Å². The molecule has 0 bridgehead atoms. The highest BCUT2D eigenvalue weighted by Crippen LogP contribution is 2.37. The van der Waals surface area contributed by atoms with Crippen molar-refractivity contribution in [3.8, 4) is 17.4 Å². The molecule has 0 radical (unpaired) electrons. The third-order valence-corrected chi connectivity index (χ3v) is 9.44. The Balaban J connectivity index is 1.72. The first-order valence-corrected chi connectivity index (χ1v) is 12.2. The van der Waals surface area contributed by atoms with Gasteiger partial charge in [-0.25, -0.2) is 4.98 Å². The second-order valence-electron chi connectivity index (χ2n) is 8.29. The number of hydrogen-bond donors (Lipinski definition) is 1. The highest BCUT2D eigenvalue weighted by molar-refractivity contribution is 6.74. The lowest BCUT2D eigenvalue weighted by molar-refractivity contribution is 0.432. The lowest BCUT2D eigenvalue weighted by atomic mass is 10.2. The van der Waals surface area contributed by atoms with E-state index in [2.05, 4.69) is 43.9 Å². The van der Waals surface area contributed by atoms with Crippen LogP contribution in [0.5, 0.6) is 11.6 Å². The Kier molecular flexibility index (Phi) is 5.42. The fourth-order valence-corrected chi connectivity index (χ4v) is 3.43. The fraction of sp³-hybridized carbons (Fsp3) is 0.273. The molecule has 2 aromatic heterocycles. The van der Waals surface area contributed by atoms with E-state index >= 15 is 0 Å². The molecule has 1 aromatic carbocycles. The van der Waals surface area contributed by atoms with E-state index in [0.29, 0.717) is 11.5 Å². The predicted molar refractivity (Wildman–Crippen MR) is 116 cm³/mol. The molecule has 3 aromatic rings. The minimum atomic E-state index is -1.83. The second kappa shape index (κ2) is 7.64. The van der Waals surface area contributed by atoms with Crippen molar-refractivity contribution in [3.05, 3.63) is 66.0 Å². The van der Waals surface area contributed by atoms with E-state index in [-0.39, 0.29) is 10.9 Å². The van der Waals surface area contributed by atoms with E-state index in [1.807, 2.05) is 48.6 Å². The van der Waals surface area contributed by atoms with Gasteiger partial charge < -0.3 is 9.53 Å². The lowest BCUT2D eigenvalue weighted by Crippen LogP contribution is -2.43. The topological polar surface area (TPSA) is 60.2 Å². The summed E-state index contributed by atoms with van der Waals surface area (Å²) in [5, 5.41) is 14.7. The van der Waals surface area contributed by atoms with E-state index < -0.39 is 8.32 Å². The summed E-state index contributed by atoms with van der Waals surface area (Å²) < 4.78 is 7.72. The summed E-state index contributed by atoms with van der Waals surface area (Å²) in [5.74, 6) is 1.53. The molecule has 0 saturated heterocycles. The number of aromatic hydroxyl groups is 1. The van der Waals surface area contributed by atoms with Gasteiger partial charge in [0.1, 0.15) is 5.75 Å². The molecule has 146 valence electrons. The number of pyridine rings is 1. The largest absolute Gasteiger partial charge is 0.544 e. The molecule has 28 heavy (non-hydrogen) atoms. The number of nitrogens with zero attached hydrogens (tertiary/aromatic N) is 3. The zero-order valence-electron chi connectivity index (χ0n) is 17.0. The standard InChI is InChI=1S/C22H27N3O2Si/c1-22(2,3)28(4,5)27-19-13-10-17(11-14-19)9-12-18-16-21(26)25(24-18)20-8-6-7-15-23-20/h6-16,26H,1-5H3. The molecule has 2 heterocycles. The van der Waals surface area contributed by atoms with Crippen molar-refractivity contribution >= 4 is 20.5 Å². The molecule has 0 aliphatic rings. The van der Waals surface area contributed by atoms with Gasteiger partial charge in [-0.05, 0) is 54.0 Å². The minimum Gasteiger partial charge on any atom is -0.544 e. The molecule has 0 atom stereocenters. The van der Waals surface area contributed by atoms with Gasteiger partial charge in [0.25, 0.3) is 0 Å². The van der Waals surface area contributed by atoms with Gasteiger partial charge in [0.05, 0.1) is 5.69 Å². The van der Waals surface area contributed by atoms with Crippen LogP contribution in [0.2, 0.25) is 18.1 Å². The van der Waals surface area contributed by atoms with Gasteiger partial charge in [0.15, 0.2) is 5.82 Å². The zero-order chi connectivity index (χ0) is 20.4. The Morgan fingerprint density at radius 2 is 1.75 bits per heavy atom. The van der Waals surface area contributed by atoms with Gasteiger partial charge in [-0.3, -0.25) is 0 Å². The zero-order valence-corrected chi connectivity index (χ0v) is 18.0. The molecule has 0 saturated carbocycles. The first-order chi connectivity index (χ1) is 13.2. The third-order valence-electron chi connectivity index (χ3n) is 5.08. The van der Waals surface area contributed by atoms with Gasteiger partial charge in [-0.1, -0.05) is 45.0 Å². The van der Waals surface area contributed by atoms with Crippen LogP contribution in [0.15, 0.2) is 54.7 Å². The lowest BCUT2D eigenvalue weighted by Gasteiger charge is -2.36. The van der Waals surface area contributed by atoms with Gasteiger partial charge >= 0.3 is 0 Å². The predicted octanol–water partition coefficient (Wildman–Crippen LogP) is 5.53. The van der Waals surface area contributed by atoms with Crippen LogP contribution in [0.25, 0.3) is 18.0 Å². The van der Waals surface area contributed by atoms with E-state index in [1.165, 1.54) is 4.68 Å². The van der Waals surface area contributed by atoms with Gasteiger partial charge in [-0.2, -0.15) is 9.78 Å². The smallest absolute Gasteiger partial charge is 0.250 e. The number of benzene rings is 1. The molecule has 0 fully saturated rings. The van der Waals surface area contributed by atoms with Crippen LogP contribution in [0.1, 0.15) is 32.0 Å². The monoisotopic (exact) mass is 393 g/mol.